The summed E-state index contributed by atoms with van der Waals surface area (Å²) in [6, 6.07) is -5.16. The Bertz CT molecular complexity index is 663. The number of aliphatic carboxylic acids is 2. The van der Waals surface area contributed by atoms with Gasteiger partial charge in [-0.3, -0.25) is 19.2 Å². The van der Waals surface area contributed by atoms with E-state index >= 15 is 0 Å². The Hall–Kier alpha value is -2.42. The highest BCUT2D eigenvalue weighted by atomic mass is 32.1. The van der Waals surface area contributed by atoms with E-state index < -0.39 is 66.4 Å². The molecule has 3 amide bonds. The second-order valence-corrected chi connectivity index (χ2v) is 7.56. The van der Waals surface area contributed by atoms with Crippen molar-refractivity contribution in [1.29, 1.82) is 0 Å². The third-order valence-corrected chi connectivity index (χ3v) is 4.81. The SMILES string of the molecule is CC(O)C(NC(=O)C(N)CCCCN)C(=O)NC(CS)C(=O)NC(CCC(=O)O)C(=O)O. The van der Waals surface area contributed by atoms with Crippen LogP contribution in [0.25, 0.3) is 0 Å². The number of amides is 3. The van der Waals surface area contributed by atoms with Gasteiger partial charge in [0.05, 0.1) is 12.1 Å². The molecule has 0 aliphatic carbocycles. The van der Waals surface area contributed by atoms with E-state index in [2.05, 4.69) is 28.6 Å². The third kappa shape index (κ3) is 11.3. The number of nitrogens with one attached hydrogen (secondary N) is 3. The molecular formula is C18H33N5O8S. The average Bonchev–Trinajstić information content (AvgIpc) is 2.71. The number of thiol groups is 1. The van der Waals surface area contributed by atoms with Crippen LogP contribution in [0.1, 0.15) is 39.0 Å². The minimum atomic E-state index is -1.49. The molecule has 0 aromatic heterocycles. The average molecular weight is 480 g/mol. The molecule has 0 rings (SSSR count). The molecule has 0 heterocycles. The van der Waals surface area contributed by atoms with E-state index in [1.165, 1.54) is 6.92 Å². The summed E-state index contributed by atoms with van der Waals surface area (Å²) < 4.78 is 0. The lowest BCUT2D eigenvalue weighted by Gasteiger charge is -2.25. The molecule has 0 radical (unpaired) electrons. The first-order valence-electron chi connectivity index (χ1n) is 10.0. The van der Waals surface area contributed by atoms with Gasteiger partial charge in [0, 0.05) is 12.2 Å². The van der Waals surface area contributed by atoms with Crippen LogP contribution in [0.2, 0.25) is 0 Å². The first-order chi connectivity index (χ1) is 14.9. The molecule has 13 nitrogen and oxygen atoms in total. The summed E-state index contributed by atoms with van der Waals surface area (Å²) in [5.74, 6) is -5.41. The molecule has 184 valence electrons. The largest absolute Gasteiger partial charge is 0.481 e. The van der Waals surface area contributed by atoms with Crippen molar-refractivity contribution in [1.82, 2.24) is 16.0 Å². The number of aliphatic hydroxyl groups is 1. The van der Waals surface area contributed by atoms with Crippen molar-refractivity contribution in [2.24, 2.45) is 11.5 Å². The number of carbonyl (C=O) groups excluding carboxylic acids is 3. The van der Waals surface area contributed by atoms with Crippen molar-refractivity contribution in [3.63, 3.8) is 0 Å². The molecule has 5 unspecified atom stereocenters. The molecule has 0 bridgehead atoms. The second-order valence-electron chi connectivity index (χ2n) is 7.19. The van der Waals surface area contributed by atoms with Crippen LogP contribution in [0, 0.1) is 0 Å². The Morgan fingerprint density at radius 1 is 0.906 bits per heavy atom. The number of carbonyl (C=O) groups is 5. The smallest absolute Gasteiger partial charge is 0.326 e. The molecule has 0 spiro atoms. The van der Waals surface area contributed by atoms with Crippen molar-refractivity contribution < 1.29 is 39.3 Å². The highest BCUT2D eigenvalue weighted by Gasteiger charge is 2.32. The maximum Gasteiger partial charge on any atom is 0.326 e. The van der Waals surface area contributed by atoms with Gasteiger partial charge in [-0.25, -0.2) is 4.79 Å². The van der Waals surface area contributed by atoms with Gasteiger partial charge in [0.1, 0.15) is 18.1 Å². The predicted molar refractivity (Wildman–Crippen MR) is 117 cm³/mol. The number of hydrogen-bond acceptors (Lipinski definition) is 9. The zero-order valence-electron chi connectivity index (χ0n) is 17.8. The quantitative estimate of drug-likeness (QED) is 0.0812. The number of hydrogen-bond donors (Lipinski definition) is 9. The first-order valence-corrected chi connectivity index (χ1v) is 10.7. The van der Waals surface area contributed by atoms with E-state index in [-0.39, 0.29) is 12.2 Å². The molecule has 0 fully saturated rings. The van der Waals surface area contributed by atoms with Gasteiger partial charge in [0.2, 0.25) is 17.7 Å². The van der Waals surface area contributed by atoms with Gasteiger partial charge in [-0.15, -0.1) is 0 Å². The maximum atomic E-state index is 12.6. The molecular weight excluding hydrogens is 446 g/mol. The second kappa shape index (κ2) is 15.4. The van der Waals surface area contributed by atoms with Crippen molar-refractivity contribution in [2.75, 3.05) is 12.3 Å². The van der Waals surface area contributed by atoms with E-state index in [4.69, 9.17) is 21.7 Å². The Balaban J connectivity index is 5.08. The zero-order valence-corrected chi connectivity index (χ0v) is 18.7. The highest BCUT2D eigenvalue weighted by Crippen LogP contribution is 2.03. The van der Waals surface area contributed by atoms with Gasteiger partial charge in [-0.1, -0.05) is 6.42 Å². The Morgan fingerprint density at radius 3 is 1.97 bits per heavy atom. The Morgan fingerprint density at radius 2 is 1.50 bits per heavy atom. The molecule has 10 N–H and O–H groups in total. The van der Waals surface area contributed by atoms with Crippen LogP contribution < -0.4 is 27.4 Å². The monoisotopic (exact) mass is 479 g/mol. The van der Waals surface area contributed by atoms with Crippen LogP contribution in [0.4, 0.5) is 0 Å². The summed E-state index contributed by atoms with van der Waals surface area (Å²) in [6.45, 7) is 1.70. The van der Waals surface area contributed by atoms with E-state index in [1.807, 2.05) is 0 Å². The van der Waals surface area contributed by atoms with E-state index in [0.717, 1.165) is 0 Å². The van der Waals surface area contributed by atoms with Crippen molar-refractivity contribution in [3.05, 3.63) is 0 Å². The number of aliphatic hydroxyl groups excluding tert-OH is 1. The van der Waals surface area contributed by atoms with Crippen LogP contribution in [-0.2, 0) is 24.0 Å². The summed E-state index contributed by atoms with van der Waals surface area (Å²) in [5, 5.41) is 34.5. The van der Waals surface area contributed by atoms with Crippen molar-refractivity contribution in [2.45, 2.75) is 69.3 Å². The number of rotatable bonds is 16. The molecule has 0 aliphatic rings. The van der Waals surface area contributed by atoms with Crippen LogP contribution in [0.5, 0.6) is 0 Å². The molecule has 32 heavy (non-hydrogen) atoms. The first kappa shape index (κ1) is 29.6. The molecule has 0 aromatic rings. The molecule has 0 aromatic carbocycles. The van der Waals surface area contributed by atoms with E-state index in [0.29, 0.717) is 25.8 Å². The van der Waals surface area contributed by atoms with Crippen LogP contribution in [0.3, 0.4) is 0 Å². The van der Waals surface area contributed by atoms with Crippen molar-refractivity contribution in [3.8, 4) is 0 Å². The fraction of sp³-hybridized carbons (Fsp3) is 0.722. The standard InChI is InChI=1S/C18H33N5O8S/c1-9(24)14(23-15(27)10(20)4-2-3-7-19)17(29)22-12(8-32)16(28)21-11(18(30)31)5-6-13(25)26/h9-12,14,24,32H,2-8,19-20H2,1H3,(H,21,28)(H,22,29)(H,23,27)(H,25,26)(H,30,31). The molecule has 0 aliphatic heterocycles. The van der Waals surface area contributed by atoms with Crippen LogP contribution in [0.15, 0.2) is 0 Å². The lowest BCUT2D eigenvalue weighted by Crippen LogP contribution is -2.60. The predicted octanol–water partition coefficient (Wildman–Crippen LogP) is -2.84. The summed E-state index contributed by atoms with van der Waals surface area (Å²) in [7, 11) is 0. The fourth-order valence-corrected chi connectivity index (χ4v) is 2.82. The Labute approximate surface area is 191 Å². The van der Waals surface area contributed by atoms with E-state index in [1.54, 1.807) is 0 Å². The minimum absolute atomic E-state index is 0.234. The number of nitrogens with two attached hydrogens (primary N) is 2. The maximum absolute atomic E-state index is 12.6. The summed E-state index contributed by atoms with van der Waals surface area (Å²) >= 11 is 3.96. The number of unbranched alkanes of at least 4 members (excludes halogenated alkanes) is 1. The number of carboxylic acids is 2. The molecule has 0 saturated heterocycles. The zero-order chi connectivity index (χ0) is 24.8. The lowest BCUT2D eigenvalue weighted by atomic mass is 10.1. The minimum Gasteiger partial charge on any atom is -0.481 e. The van der Waals surface area contributed by atoms with Crippen LogP contribution >= 0.6 is 12.6 Å². The van der Waals surface area contributed by atoms with Gasteiger partial charge < -0.3 is 42.7 Å². The molecule has 0 saturated carbocycles. The van der Waals surface area contributed by atoms with Gasteiger partial charge >= 0.3 is 11.9 Å². The highest BCUT2D eigenvalue weighted by molar-refractivity contribution is 7.80. The lowest BCUT2D eigenvalue weighted by molar-refractivity contribution is -0.143. The van der Waals surface area contributed by atoms with Gasteiger partial charge in [-0.05, 0) is 32.7 Å². The fourth-order valence-electron chi connectivity index (χ4n) is 2.56. The number of carboxylic acid groups (broad SMARTS) is 2. The van der Waals surface area contributed by atoms with Gasteiger partial charge in [0.25, 0.3) is 0 Å². The Kier molecular flexibility index (Phi) is 14.2. The third-order valence-electron chi connectivity index (χ3n) is 4.45. The van der Waals surface area contributed by atoms with Crippen molar-refractivity contribution >= 4 is 42.3 Å². The normalized spacial score (nSPS) is 15.5. The molecule has 14 heteroatoms. The summed E-state index contributed by atoms with van der Waals surface area (Å²) in [4.78, 5) is 59.1. The van der Waals surface area contributed by atoms with Crippen LogP contribution in [-0.4, -0.2) is 87.5 Å². The summed E-state index contributed by atoms with van der Waals surface area (Å²) in [5.41, 5.74) is 11.2. The van der Waals surface area contributed by atoms with Gasteiger partial charge in [-0.2, -0.15) is 12.6 Å². The summed E-state index contributed by atoms with van der Waals surface area (Å²) in [6.07, 6.45) is -0.587. The van der Waals surface area contributed by atoms with Gasteiger partial charge in [0.15, 0.2) is 0 Å². The van der Waals surface area contributed by atoms with E-state index in [9.17, 15) is 29.1 Å². The molecule has 5 atom stereocenters. The topological polar surface area (TPSA) is 234 Å².